The normalized spacial score (nSPS) is 15.5. The summed E-state index contributed by atoms with van der Waals surface area (Å²) in [5.41, 5.74) is 0. The Labute approximate surface area is 112 Å². The number of rotatable bonds is 6. The zero-order chi connectivity index (χ0) is 14.6. The summed E-state index contributed by atoms with van der Waals surface area (Å²) in [5, 5.41) is 11.3. The van der Waals surface area contributed by atoms with Gasteiger partial charge in [0.2, 0.25) is 5.91 Å². The predicted octanol–water partition coefficient (Wildman–Crippen LogP) is -0.0307. The number of carbonyl (C=O) groups excluding carboxylic acids is 2. The van der Waals surface area contributed by atoms with E-state index in [-0.39, 0.29) is 37.0 Å². The Kier molecular flexibility index (Phi) is 5.14. The van der Waals surface area contributed by atoms with Crippen LogP contribution in [0.15, 0.2) is 0 Å². The van der Waals surface area contributed by atoms with Gasteiger partial charge in [0.25, 0.3) is 0 Å². The Morgan fingerprint density at radius 2 is 1.95 bits per heavy atom. The van der Waals surface area contributed by atoms with Crippen LogP contribution in [-0.4, -0.2) is 66.0 Å². The van der Waals surface area contributed by atoms with Gasteiger partial charge in [0.1, 0.15) is 6.54 Å². The molecule has 0 aromatic carbocycles. The van der Waals surface area contributed by atoms with Crippen molar-refractivity contribution in [3.05, 3.63) is 0 Å². The van der Waals surface area contributed by atoms with Gasteiger partial charge in [-0.1, -0.05) is 6.92 Å². The van der Waals surface area contributed by atoms with E-state index in [4.69, 9.17) is 5.11 Å². The standard InChI is InChI=1S/C12H21N3O4/c1-8(11(18)13-2)6-14(3)12(19)15(7-10(16)17)9-4-5-9/h8-9H,4-7H2,1-3H3,(H,13,18)(H,16,17). The van der Waals surface area contributed by atoms with Crippen molar-refractivity contribution in [1.82, 2.24) is 15.1 Å². The number of hydrogen-bond acceptors (Lipinski definition) is 3. The van der Waals surface area contributed by atoms with Gasteiger partial charge < -0.3 is 20.2 Å². The summed E-state index contributed by atoms with van der Waals surface area (Å²) in [5.74, 6) is -1.49. The SMILES string of the molecule is CNC(=O)C(C)CN(C)C(=O)N(CC(=O)O)C1CC1. The number of urea groups is 1. The molecule has 1 fully saturated rings. The molecule has 1 saturated carbocycles. The van der Waals surface area contributed by atoms with Crippen molar-refractivity contribution in [3.63, 3.8) is 0 Å². The van der Waals surface area contributed by atoms with E-state index in [9.17, 15) is 14.4 Å². The molecule has 1 rings (SSSR count). The monoisotopic (exact) mass is 271 g/mol. The lowest BCUT2D eigenvalue weighted by Crippen LogP contribution is -2.47. The van der Waals surface area contributed by atoms with Crippen LogP contribution in [0.2, 0.25) is 0 Å². The van der Waals surface area contributed by atoms with Gasteiger partial charge in [-0.15, -0.1) is 0 Å². The van der Waals surface area contributed by atoms with Crippen LogP contribution in [0.5, 0.6) is 0 Å². The Morgan fingerprint density at radius 1 is 1.37 bits per heavy atom. The van der Waals surface area contributed by atoms with Gasteiger partial charge in [0.15, 0.2) is 0 Å². The highest BCUT2D eigenvalue weighted by atomic mass is 16.4. The maximum Gasteiger partial charge on any atom is 0.323 e. The van der Waals surface area contributed by atoms with Crippen molar-refractivity contribution in [1.29, 1.82) is 0 Å². The summed E-state index contributed by atoms with van der Waals surface area (Å²) in [6.07, 6.45) is 1.69. The Hall–Kier alpha value is -1.79. The molecule has 19 heavy (non-hydrogen) atoms. The molecule has 3 amide bonds. The van der Waals surface area contributed by atoms with Gasteiger partial charge in [-0.3, -0.25) is 9.59 Å². The molecule has 0 saturated heterocycles. The molecule has 0 aliphatic heterocycles. The molecule has 0 spiro atoms. The summed E-state index contributed by atoms with van der Waals surface area (Å²) in [7, 11) is 3.13. The number of nitrogens with one attached hydrogen (secondary N) is 1. The van der Waals surface area contributed by atoms with Gasteiger partial charge in [0.05, 0.1) is 5.92 Å². The summed E-state index contributed by atoms with van der Waals surface area (Å²) in [6, 6.07) is -0.304. The predicted molar refractivity (Wildman–Crippen MR) is 68.6 cm³/mol. The van der Waals surface area contributed by atoms with Crippen molar-refractivity contribution < 1.29 is 19.5 Å². The van der Waals surface area contributed by atoms with Crippen LogP contribution in [0, 0.1) is 5.92 Å². The Morgan fingerprint density at radius 3 is 2.37 bits per heavy atom. The third-order valence-electron chi connectivity index (χ3n) is 3.11. The van der Waals surface area contributed by atoms with Gasteiger partial charge in [-0.2, -0.15) is 0 Å². The van der Waals surface area contributed by atoms with Gasteiger partial charge in [-0.05, 0) is 12.8 Å². The fourth-order valence-corrected chi connectivity index (χ4v) is 1.92. The average Bonchev–Trinajstić information content (AvgIpc) is 3.17. The topological polar surface area (TPSA) is 90.0 Å². The average molecular weight is 271 g/mol. The number of nitrogens with zero attached hydrogens (tertiary/aromatic N) is 2. The molecule has 1 unspecified atom stereocenters. The molecular weight excluding hydrogens is 250 g/mol. The van der Waals surface area contributed by atoms with Crippen molar-refractivity contribution in [3.8, 4) is 0 Å². The molecule has 7 nitrogen and oxygen atoms in total. The smallest absolute Gasteiger partial charge is 0.323 e. The molecule has 0 aromatic rings. The maximum atomic E-state index is 12.2. The van der Waals surface area contributed by atoms with Gasteiger partial charge >= 0.3 is 12.0 Å². The van der Waals surface area contributed by atoms with Crippen LogP contribution >= 0.6 is 0 Å². The second-order valence-corrected chi connectivity index (χ2v) is 4.93. The van der Waals surface area contributed by atoms with Crippen LogP contribution < -0.4 is 5.32 Å². The number of carboxylic acids is 1. The third kappa shape index (κ3) is 4.42. The summed E-state index contributed by atoms with van der Waals surface area (Å²) < 4.78 is 0. The molecule has 7 heteroatoms. The number of aliphatic carboxylic acids is 1. The van der Waals surface area contributed by atoms with Crippen molar-refractivity contribution in [2.75, 3.05) is 27.2 Å². The van der Waals surface area contributed by atoms with Crippen molar-refractivity contribution in [2.45, 2.75) is 25.8 Å². The van der Waals surface area contributed by atoms with E-state index in [1.54, 1.807) is 21.0 Å². The van der Waals surface area contributed by atoms with E-state index in [2.05, 4.69) is 5.32 Å². The van der Waals surface area contributed by atoms with Crippen molar-refractivity contribution >= 4 is 17.9 Å². The second-order valence-electron chi connectivity index (χ2n) is 4.93. The first-order valence-corrected chi connectivity index (χ1v) is 6.32. The second kappa shape index (κ2) is 6.40. The third-order valence-corrected chi connectivity index (χ3v) is 3.11. The first-order chi connectivity index (χ1) is 8.86. The molecule has 108 valence electrons. The largest absolute Gasteiger partial charge is 0.480 e. The minimum atomic E-state index is -1.02. The van der Waals surface area contributed by atoms with Crippen LogP contribution in [-0.2, 0) is 9.59 Å². The summed E-state index contributed by atoms with van der Waals surface area (Å²) in [4.78, 5) is 37.1. The minimum Gasteiger partial charge on any atom is -0.480 e. The van der Waals surface area contributed by atoms with E-state index in [1.807, 2.05) is 0 Å². The van der Waals surface area contributed by atoms with Crippen LogP contribution in [0.4, 0.5) is 4.79 Å². The van der Waals surface area contributed by atoms with E-state index < -0.39 is 5.97 Å². The molecule has 2 N–H and O–H groups in total. The Bertz CT molecular complexity index is 368. The molecule has 0 radical (unpaired) electrons. The lowest BCUT2D eigenvalue weighted by atomic mass is 10.1. The zero-order valence-electron chi connectivity index (χ0n) is 11.5. The zero-order valence-corrected chi connectivity index (χ0v) is 11.5. The first-order valence-electron chi connectivity index (χ1n) is 6.32. The van der Waals surface area contributed by atoms with Crippen LogP contribution in [0.3, 0.4) is 0 Å². The lowest BCUT2D eigenvalue weighted by Gasteiger charge is -2.28. The molecule has 1 atom stereocenters. The minimum absolute atomic E-state index is 0.0290. The molecule has 0 heterocycles. The Balaban J connectivity index is 2.58. The van der Waals surface area contributed by atoms with Gasteiger partial charge in [-0.25, -0.2) is 4.79 Å². The van der Waals surface area contributed by atoms with E-state index in [0.717, 1.165) is 12.8 Å². The molecule has 0 aromatic heterocycles. The lowest BCUT2D eigenvalue weighted by molar-refractivity contribution is -0.138. The highest BCUT2D eigenvalue weighted by Gasteiger charge is 2.35. The molecule has 1 aliphatic carbocycles. The summed E-state index contributed by atoms with van der Waals surface area (Å²) >= 11 is 0. The quantitative estimate of drug-likeness (QED) is 0.710. The van der Waals surface area contributed by atoms with E-state index >= 15 is 0 Å². The number of amides is 3. The van der Waals surface area contributed by atoms with E-state index in [0.29, 0.717) is 0 Å². The van der Waals surface area contributed by atoms with Crippen LogP contribution in [0.1, 0.15) is 19.8 Å². The summed E-state index contributed by atoms with van der Waals surface area (Å²) in [6.45, 7) is 1.70. The first kappa shape index (κ1) is 15.3. The fraction of sp³-hybridized carbons (Fsp3) is 0.750. The number of carboxylic acid groups (broad SMARTS) is 1. The van der Waals surface area contributed by atoms with Gasteiger partial charge in [0, 0.05) is 26.7 Å². The molecule has 1 aliphatic rings. The number of carbonyl (C=O) groups is 3. The van der Waals surface area contributed by atoms with Crippen LogP contribution in [0.25, 0.3) is 0 Å². The highest BCUT2D eigenvalue weighted by molar-refractivity contribution is 5.82. The highest BCUT2D eigenvalue weighted by Crippen LogP contribution is 2.27. The molecular formula is C12H21N3O4. The van der Waals surface area contributed by atoms with Crippen molar-refractivity contribution in [2.24, 2.45) is 5.92 Å². The number of hydrogen-bond donors (Lipinski definition) is 2. The van der Waals surface area contributed by atoms with E-state index in [1.165, 1.54) is 9.80 Å². The molecule has 0 bridgehead atoms. The maximum absolute atomic E-state index is 12.2. The fourth-order valence-electron chi connectivity index (χ4n) is 1.92.